The van der Waals surface area contributed by atoms with Crippen LogP contribution in [-0.2, 0) is 4.79 Å². The number of hydrogen-bond donors (Lipinski definition) is 1. The van der Waals surface area contributed by atoms with E-state index in [2.05, 4.69) is 10.3 Å². The van der Waals surface area contributed by atoms with Crippen LogP contribution in [0.1, 0.15) is 11.6 Å². The zero-order valence-electron chi connectivity index (χ0n) is 12.1. The summed E-state index contributed by atoms with van der Waals surface area (Å²) < 4.78 is 5.24. The number of nitrogens with zero attached hydrogens (tertiary/aromatic N) is 2. The third kappa shape index (κ3) is 1.86. The molecule has 2 atom stereocenters. The number of carbonyl (C=O) groups is 1. The molecule has 4 rings (SSSR count). The van der Waals surface area contributed by atoms with Gasteiger partial charge in [-0.2, -0.15) is 0 Å². The summed E-state index contributed by atoms with van der Waals surface area (Å²) in [7, 11) is 1.62. The number of fused-ring (bicyclic) bond motifs is 3. The summed E-state index contributed by atoms with van der Waals surface area (Å²) in [6.07, 6.45) is 9.51. The molecule has 22 heavy (non-hydrogen) atoms. The van der Waals surface area contributed by atoms with Crippen LogP contribution in [0.2, 0.25) is 0 Å². The number of nitrogens with one attached hydrogen (secondary N) is 1. The molecule has 0 spiro atoms. The maximum absolute atomic E-state index is 12.9. The second-order valence-electron chi connectivity index (χ2n) is 5.32. The van der Waals surface area contributed by atoms with Crippen LogP contribution in [-0.4, -0.2) is 29.7 Å². The molecule has 110 valence electrons. The maximum atomic E-state index is 12.9. The molecule has 0 saturated carbocycles. The molecule has 1 saturated heterocycles. The molecular weight excluding hydrogens is 278 g/mol. The SMILES string of the molecule is COc1cccc(C2NC3=CN=C4C=CC=CC4N3C2=O)c1. The summed E-state index contributed by atoms with van der Waals surface area (Å²) in [5.41, 5.74) is 1.77. The van der Waals surface area contributed by atoms with E-state index in [-0.39, 0.29) is 11.9 Å². The van der Waals surface area contributed by atoms with Gasteiger partial charge >= 0.3 is 0 Å². The number of aliphatic imine (C=N–C) groups is 1. The van der Waals surface area contributed by atoms with Crippen LogP contribution >= 0.6 is 0 Å². The highest BCUT2D eigenvalue weighted by Gasteiger charge is 2.42. The Morgan fingerprint density at radius 2 is 2.23 bits per heavy atom. The Labute approximate surface area is 128 Å². The van der Waals surface area contributed by atoms with E-state index in [4.69, 9.17) is 4.74 Å². The van der Waals surface area contributed by atoms with Crippen molar-refractivity contribution >= 4 is 11.6 Å². The number of allylic oxidation sites excluding steroid dienone is 2. The Morgan fingerprint density at radius 1 is 1.32 bits per heavy atom. The first kappa shape index (κ1) is 12.9. The van der Waals surface area contributed by atoms with Crippen molar-refractivity contribution in [3.05, 3.63) is 66.2 Å². The van der Waals surface area contributed by atoms with E-state index in [1.54, 1.807) is 18.2 Å². The minimum atomic E-state index is -0.407. The third-order valence-electron chi connectivity index (χ3n) is 4.05. The van der Waals surface area contributed by atoms with Crippen molar-refractivity contribution in [2.24, 2.45) is 4.99 Å². The van der Waals surface area contributed by atoms with Crippen LogP contribution in [0.3, 0.4) is 0 Å². The first-order chi connectivity index (χ1) is 10.8. The molecular formula is C17H15N3O2. The monoisotopic (exact) mass is 293 g/mol. The van der Waals surface area contributed by atoms with Crippen LogP contribution < -0.4 is 10.1 Å². The van der Waals surface area contributed by atoms with Gasteiger partial charge in [-0.3, -0.25) is 14.7 Å². The largest absolute Gasteiger partial charge is 0.497 e. The summed E-state index contributed by atoms with van der Waals surface area (Å²) in [5.74, 6) is 1.51. The molecule has 3 aliphatic rings. The predicted octanol–water partition coefficient (Wildman–Crippen LogP) is 1.92. The molecule has 1 aliphatic carbocycles. The summed E-state index contributed by atoms with van der Waals surface area (Å²) in [5, 5.41) is 3.26. The fourth-order valence-corrected chi connectivity index (χ4v) is 2.96. The molecule has 1 aromatic rings. The third-order valence-corrected chi connectivity index (χ3v) is 4.05. The summed E-state index contributed by atoms with van der Waals surface area (Å²) in [6, 6.07) is 7.03. The molecule has 5 heteroatoms. The first-order valence-electron chi connectivity index (χ1n) is 7.14. The normalized spacial score (nSPS) is 25.1. The van der Waals surface area contributed by atoms with E-state index in [9.17, 15) is 4.79 Å². The maximum Gasteiger partial charge on any atom is 0.256 e. The minimum Gasteiger partial charge on any atom is -0.497 e. The summed E-state index contributed by atoms with van der Waals surface area (Å²) in [4.78, 5) is 19.1. The van der Waals surface area contributed by atoms with Gasteiger partial charge in [-0.05, 0) is 23.8 Å². The number of carbonyl (C=O) groups excluding carboxylic acids is 1. The second kappa shape index (κ2) is 4.87. The van der Waals surface area contributed by atoms with Gasteiger partial charge in [0.2, 0.25) is 0 Å². The van der Waals surface area contributed by atoms with E-state index < -0.39 is 6.04 Å². The van der Waals surface area contributed by atoms with Crippen molar-refractivity contribution in [2.45, 2.75) is 12.1 Å². The highest BCUT2D eigenvalue weighted by molar-refractivity contribution is 6.06. The number of rotatable bonds is 2. The van der Waals surface area contributed by atoms with Crippen molar-refractivity contribution in [2.75, 3.05) is 7.11 Å². The van der Waals surface area contributed by atoms with Gasteiger partial charge in [0.25, 0.3) is 5.91 Å². The van der Waals surface area contributed by atoms with Crippen molar-refractivity contribution in [1.82, 2.24) is 10.2 Å². The van der Waals surface area contributed by atoms with Crippen LogP contribution in [0.4, 0.5) is 0 Å². The van der Waals surface area contributed by atoms with Gasteiger partial charge < -0.3 is 10.1 Å². The van der Waals surface area contributed by atoms with Gasteiger partial charge in [-0.25, -0.2) is 0 Å². The van der Waals surface area contributed by atoms with Gasteiger partial charge in [-0.1, -0.05) is 30.4 Å². The average molecular weight is 293 g/mol. The van der Waals surface area contributed by atoms with Crippen molar-refractivity contribution in [3.63, 3.8) is 0 Å². The Bertz CT molecular complexity index is 761. The number of methoxy groups -OCH3 is 1. The van der Waals surface area contributed by atoms with E-state index >= 15 is 0 Å². The zero-order chi connectivity index (χ0) is 15.1. The second-order valence-corrected chi connectivity index (χ2v) is 5.32. The lowest BCUT2D eigenvalue weighted by Gasteiger charge is -2.29. The molecule has 5 nitrogen and oxygen atoms in total. The Kier molecular flexibility index (Phi) is 2.85. The van der Waals surface area contributed by atoms with Gasteiger partial charge in [0.15, 0.2) is 0 Å². The topological polar surface area (TPSA) is 53.9 Å². The Balaban J connectivity index is 1.69. The molecule has 1 aromatic carbocycles. The van der Waals surface area contributed by atoms with Gasteiger partial charge in [0.05, 0.1) is 25.1 Å². The van der Waals surface area contributed by atoms with Crippen molar-refractivity contribution in [1.29, 1.82) is 0 Å². The fourth-order valence-electron chi connectivity index (χ4n) is 2.96. The van der Waals surface area contributed by atoms with E-state index in [1.807, 2.05) is 48.6 Å². The smallest absolute Gasteiger partial charge is 0.256 e. The fraction of sp³-hybridized carbons (Fsp3) is 0.176. The lowest BCUT2D eigenvalue weighted by atomic mass is 10.0. The Hall–Kier alpha value is -2.82. The molecule has 2 unspecified atom stereocenters. The Morgan fingerprint density at radius 3 is 3.09 bits per heavy atom. The van der Waals surface area contributed by atoms with Crippen molar-refractivity contribution < 1.29 is 9.53 Å². The van der Waals surface area contributed by atoms with Gasteiger partial charge in [-0.15, -0.1) is 0 Å². The molecule has 0 aromatic heterocycles. The number of ether oxygens (including phenoxy) is 1. The number of amides is 1. The lowest BCUT2D eigenvalue weighted by molar-refractivity contribution is -0.128. The van der Waals surface area contributed by atoms with Gasteiger partial charge in [0, 0.05) is 0 Å². The molecule has 2 heterocycles. The first-order valence-corrected chi connectivity index (χ1v) is 7.14. The van der Waals surface area contributed by atoms with Crippen LogP contribution in [0.15, 0.2) is 65.6 Å². The minimum absolute atomic E-state index is 0.0249. The zero-order valence-corrected chi connectivity index (χ0v) is 12.1. The number of hydrogen-bond acceptors (Lipinski definition) is 4. The van der Waals surface area contributed by atoms with Crippen LogP contribution in [0.25, 0.3) is 0 Å². The lowest BCUT2D eigenvalue weighted by Crippen LogP contribution is -2.42. The number of benzene rings is 1. The van der Waals surface area contributed by atoms with Gasteiger partial charge in [0.1, 0.15) is 17.6 Å². The van der Waals surface area contributed by atoms with Crippen molar-refractivity contribution in [3.8, 4) is 5.75 Å². The summed E-state index contributed by atoms with van der Waals surface area (Å²) in [6.45, 7) is 0. The molecule has 1 amide bonds. The molecule has 2 aliphatic heterocycles. The molecule has 1 N–H and O–H groups in total. The van der Waals surface area contributed by atoms with Crippen LogP contribution in [0, 0.1) is 0 Å². The van der Waals surface area contributed by atoms with E-state index in [0.717, 1.165) is 22.8 Å². The summed E-state index contributed by atoms with van der Waals surface area (Å²) >= 11 is 0. The van der Waals surface area contributed by atoms with E-state index in [0.29, 0.717) is 0 Å². The standard InChI is InChI=1S/C17H15N3O2/c1-22-12-6-4-5-11(9-12)16-17(21)20-14-8-3-2-7-13(14)18-10-15(20)19-16/h2-10,14,16,19H,1H3. The molecule has 0 bridgehead atoms. The van der Waals surface area contributed by atoms with E-state index in [1.165, 1.54) is 0 Å². The molecule has 0 radical (unpaired) electrons. The predicted molar refractivity (Wildman–Crippen MR) is 83.3 cm³/mol. The van der Waals surface area contributed by atoms with Crippen LogP contribution in [0.5, 0.6) is 5.75 Å². The average Bonchev–Trinajstić information content (AvgIpc) is 2.92. The quantitative estimate of drug-likeness (QED) is 0.906. The molecule has 1 fully saturated rings. The highest BCUT2D eigenvalue weighted by atomic mass is 16.5. The highest BCUT2D eigenvalue weighted by Crippen LogP contribution is 2.32.